The maximum atomic E-state index is 13.9. The molecule has 0 radical (unpaired) electrons. The molecule has 0 aliphatic heterocycles. The van der Waals surface area contributed by atoms with Crippen LogP contribution in [0.3, 0.4) is 0 Å². The highest BCUT2D eigenvalue weighted by molar-refractivity contribution is 6.31. The lowest BCUT2D eigenvalue weighted by molar-refractivity contribution is 0.265. The summed E-state index contributed by atoms with van der Waals surface area (Å²) in [5.74, 6) is 0.897. The molecule has 29 heavy (non-hydrogen) atoms. The molecule has 3 rings (SSSR count). The van der Waals surface area contributed by atoms with Crippen LogP contribution >= 0.6 is 11.6 Å². The van der Waals surface area contributed by atoms with E-state index in [1.54, 1.807) is 24.3 Å². The Morgan fingerprint density at radius 1 is 0.966 bits per heavy atom. The third-order valence-corrected chi connectivity index (χ3v) is 5.79. The van der Waals surface area contributed by atoms with E-state index in [2.05, 4.69) is 5.32 Å². The molecule has 0 atom stereocenters. The Morgan fingerprint density at radius 2 is 1.66 bits per heavy atom. The first-order valence-electron chi connectivity index (χ1n) is 10.7. The quantitative estimate of drug-likeness (QED) is 0.519. The third-order valence-electron chi connectivity index (χ3n) is 5.44. The third kappa shape index (κ3) is 6.61. The Balaban J connectivity index is 1.67. The van der Waals surface area contributed by atoms with Crippen LogP contribution < -0.4 is 14.8 Å². The van der Waals surface area contributed by atoms with Crippen LogP contribution in [-0.4, -0.2) is 12.6 Å². The van der Waals surface area contributed by atoms with Crippen LogP contribution in [0.4, 0.5) is 4.39 Å². The lowest BCUT2D eigenvalue weighted by Gasteiger charge is -2.22. The Kier molecular flexibility index (Phi) is 8.63. The van der Waals surface area contributed by atoms with Gasteiger partial charge < -0.3 is 14.8 Å². The standard InChI is InChI=1S/C24H31ClFNO2/c1-2-28-23-14-19(16-27-20-11-6-4-3-5-7-12-20)21(25)15-24(23)29-17-18-10-8-9-13-22(18)26/h8-10,13-15,20,27H,2-7,11-12,16-17H2,1H3. The van der Waals surface area contributed by atoms with Crippen molar-refractivity contribution >= 4 is 11.6 Å². The maximum absolute atomic E-state index is 13.9. The molecule has 1 saturated carbocycles. The van der Waals surface area contributed by atoms with Crippen LogP contribution in [-0.2, 0) is 13.2 Å². The van der Waals surface area contributed by atoms with Gasteiger partial charge in [-0.3, -0.25) is 0 Å². The van der Waals surface area contributed by atoms with Gasteiger partial charge in [-0.25, -0.2) is 4.39 Å². The second-order valence-electron chi connectivity index (χ2n) is 7.63. The summed E-state index contributed by atoms with van der Waals surface area (Å²) in [6, 6.07) is 10.9. The minimum atomic E-state index is -0.281. The fourth-order valence-corrected chi connectivity index (χ4v) is 4.00. The molecule has 0 amide bonds. The Bertz CT molecular complexity index is 775. The summed E-state index contributed by atoms with van der Waals surface area (Å²) in [7, 11) is 0. The smallest absolute Gasteiger partial charge is 0.163 e. The molecular weight excluding hydrogens is 389 g/mol. The fraction of sp³-hybridized carbons (Fsp3) is 0.500. The number of hydrogen-bond acceptors (Lipinski definition) is 3. The van der Waals surface area contributed by atoms with E-state index in [1.807, 2.05) is 13.0 Å². The van der Waals surface area contributed by atoms with Crippen molar-refractivity contribution < 1.29 is 13.9 Å². The van der Waals surface area contributed by atoms with Gasteiger partial charge in [-0.05, 0) is 37.5 Å². The zero-order valence-electron chi connectivity index (χ0n) is 17.2. The maximum Gasteiger partial charge on any atom is 0.163 e. The number of benzene rings is 2. The predicted molar refractivity (Wildman–Crippen MR) is 116 cm³/mol. The van der Waals surface area contributed by atoms with Crippen LogP contribution in [0.1, 0.15) is 63.0 Å². The summed E-state index contributed by atoms with van der Waals surface area (Å²) in [6.07, 6.45) is 9.06. The highest BCUT2D eigenvalue weighted by atomic mass is 35.5. The lowest BCUT2D eigenvalue weighted by atomic mass is 9.96. The van der Waals surface area contributed by atoms with Crippen molar-refractivity contribution in [3.05, 3.63) is 58.4 Å². The molecule has 1 fully saturated rings. The molecule has 0 heterocycles. The first-order chi connectivity index (χ1) is 14.2. The average molecular weight is 420 g/mol. The topological polar surface area (TPSA) is 30.5 Å². The summed E-state index contributed by atoms with van der Waals surface area (Å²) in [5, 5.41) is 4.30. The van der Waals surface area contributed by atoms with Crippen LogP contribution in [0.25, 0.3) is 0 Å². The molecule has 0 unspecified atom stereocenters. The normalized spacial score (nSPS) is 15.6. The molecule has 0 spiro atoms. The van der Waals surface area contributed by atoms with Crippen molar-refractivity contribution in [1.82, 2.24) is 5.32 Å². The molecule has 1 aliphatic carbocycles. The number of ether oxygens (including phenoxy) is 2. The second kappa shape index (κ2) is 11.4. The largest absolute Gasteiger partial charge is 0.490 e. The van der Waals surface area contributed by atoms with Gasteiger partial charge in [0, 0.05) is 29.2 Å². The first-order valence-corrected chi connectivity index (χ1v) is 11.1. The van der Waals surface area contributed by atoms with E-state index < -0.39 is 0 Å². The summed E-state index contributed by atoms with van der Waals surface area (Å²) in [4.78, 5) is 0. The van der Waals surface area contributed by atoms with Crippen molar-refractivity contribution in [3.8, 4) is 11.5 Å². The summed E-state index contributed by atoms with van der Waals surface area (Å²) in [6.45, 7) is 3.29. The van der Waals surface area contributed by atoms with E-state index in [4.69, 9.17) is 21.1 Å². The van der Waals surface area contributed by atoms with E-state index in [9.17, 15) is 4.39 Å². The van der Waals surface area contributed by atoms with Crippen LogP contribution in [0.15, 0.2) is 36.4 Å². The highest BCUT2D eigenvalue weighted by Gasteiger charge is 2.15. The summed E-state index contributed by atoms with van der Waals surface area (Å²) >= 11 is 6.54. The molecular formula is C24H31ClFNO2. The van der Waals surface area contributed by atoms with Crippen molar-refractivity contribution in [2.75, 3.05) is 6.61 Å². The van der Waals surface area contributed by atoms with Crippen LogP contribution in [0.2, 0.25) is 5.02 Å². The Labute approximate surface area is 178 Å². The lowest BCUT2D eigenvalue weighted by Crippen LogP contribution is -2.29. The molecule has 0 bridgehead atoms. The molecule has 1 aliphatic rings. The predicted octanol–water partition coefficient (Wildman–Crippen LogP) is 6.66. The van der Waals surface area contributed by atoms with Crippen LogP contribution in [0.5, 0.6) is 11.5 Å². The number of hydrogen-bond donors (Lipinski definition) is 1. The zero-order valence-corrected chi connectivity index (χ0v) is 17.9. The molecule has 5 heteroatoms. The van der Waals surface area contributed by atoms with Gasteiger partial charge >= 0.3 is 0 Å². The van der Waals surface area contributed by atoms with Gasteiger partial charge in [0.1, 0.15) is 12.4 Å². The second-order valence-corrected chi connectivity index (χ2v) is 8.03. The van der Waals surface area contributed by atoms with Gasteiger partial charge in [0.15, 0.2) is 11.5 Å². The van der Waals surface area contributed by atoms with E-state index in [-0.39, 0.29) is 12.4 Å². The highest BCUT2D eigenvalue weighted by Crippen LogP contribution is 2.34. The fourth-order valence-electron chi connectivity index (χ4n) is 3.78. The molecule has 1 N–H and O–H groups in total. The molecule has 0 aromatic heterocycles. The summed E-state index contributed by atoms with van der Waals surface area (Å²) < 4.78 is 25.5. The molecule has 3 nitrogen and oxygen atoms in total. The van der Waals surface area contributed by atoms with Crippen molar-refractivity contribution in [3.63, 3.8) is 0 Å². The average Bonchev–Trinajstić information content (AvgIpc) is 2.69. The van der Waals surface area contributed by atoms with Crippen molar-refractivity contribution in [1.29, 1.82) is 0 Å². The minimum absolute atomic E-state index is 0.128. The minimum Gasteiger partial charge on any atom is -0.490 e. The number of nitrogens with one attached hydrogen (secondary N) is 1. The molecule has 2 aromatic carbocycles. The van der Waals surface area contributed by atoms with E-state index in [1.165, 1.54) is 51.0 Å². The van der Waals surface area contributed by atoms with E-state index in [0.717, 1.165) is 5.56 Å². The van der Waals surface area contributed by atoms with Gasteiger partial charge in [0.25, 0.3) is 0 Å². The van der Waals surface area contributed by atoms with Crippen LogP contribution in [0, 0.1) is 5.82 Å². The van der Waals surface area contributed by atoms with Gasteiger partial charge in [-0.1, -0.05) is 61.9 Å². The monoisotopic (exact) mass is 419 g/mol. The van der Waals surface area contributed by atoms with E-state index >= 15 is 0 Å². The van der Waals surface area contributed by atoms with Gasteiger partial charge in [-0.15, -0.1) is 0 Å². The Hall–Kier alpha value is -1.78. The van der Waals surface area contributed by atoms with E-state index in [0.29, 0.717) is 41.3 Å². The van der Waals surface area contributed by atoms with Gasteiger partial charge in [-0.2, -0.15) is 0 Å². The molecule has 0 saturated heterocycles. The van der Waals surface area contributed by atoms with Gasteiger partial charge in [0.05, 0.1) is 6.61 Å². The van der Waals surface area contributed by atoms with Crippen molar-refractivity contribution in [2.45, 2.75) is 71.1 Å². The summed E-state index contributed by atoms with van der Waals surface area (Å²) in [5.41, 5.74) is 1.50. The zero-order chi connectivity index (χ0) is 20.5. The van der Waals surface area contributed by atoms with Crippen molar-refractivity contribution in [2.24, 2.45) is 0 Å². The first kappa shape index (κ1) is 21.9. The Morgan fingerprint density at radius 3 is 2.38 bits per heavy atom. The van der Waals surface area contributed by atoms with Gasteiger partial charge in [0.2, 0.25) is 0 Å². The number of halogens is 2. The SMILES string of the molecule is CCOc1cc(CNC2CCCCCCC2)c(Cl)cc1OCc1ccccc1F. The molecule has 158 valence electrons. The number of rotatable bonds is 8. The molecule has 2 aromatic rings.